The molecular formula is C15H13FO3. The van der Waals surface area contributed by atoms with E-state index in [1.807, 2.05) is 0 Å². The molecule has 0 heterocycles. The van der Waals surface area contributed by atoms with Gasteiger partial charge < -0.3 is 4.74 Å². The molecule has 2 rings (SSSR count). The molecule has 0 amide bonds. The number of hydrogen-bond donors (Lipinski definition) is 0. The highest BCUT2D eigenvalue weighted by Gasteiger charge is 2.20. The lowest BCUT2D eigenvalue weighted by molar-refractivity contribution is 0.236. The van der Waals surface area contributed by atoms with Crippen LogP contribution in [0.5, 0.6) is 5.75 Å². The highest BCUT2D eigenvalue weighted by Crippen LogP contribution is 2.16. The van der Waals surface area contributed by atoms with Gasteiger partial charge >= 0.3 is 0 Å². The number of halogens is 1. The van der Waals surface area contributed by atoms with Crippen molar-refractivity contribution in [2.45, 2.75) is 20.0 Å². The summed E-state index contributed by atoms with van der Waals surface area (Å²) in [5.74, 6) is -0.214. The van der Waals surface area contributed by atoms with Crippen molar-refractivity contribution in [2.24, 2.45) is 0 Å². The van der Waals surface area contributed by atoms with Crippen LogP contribution >= 0.6 is 0 Å². The quantitative estimate of drug-likeness (QED) is 0.793. The van der Waals surface area contributed by atoms with Crippen molar-refractivity contribution in [3.8, 4) is 5.75 Å². The molecule has 0 saturated heterocycles. The zero-order valence-electron chi connectivity index (χ0n) is 10.6. The molecule has 0 unspecified atom stereocenters. The largest absolute Gasteiger partial charge is 0.486 e. The molecule has 98 valence electrons. The molecular weight excluding hydrogens is 247 g/mol. The first-order chi connectivity index (χ1) is 8.99. The smallest absolute Gasteiger partial charge is 0.268 e. The lowest BCUT2D eigenvalue weighted by atomic mass is 10.1. The second kappa shape index (κ2) is 5.18. The Kier molecular flexibility index (Phi) is 3.60. The minimum Gasteiger partial charge on any atom is -0.486 e. The van der Waals surface area contributed by atoms with Gasteiger partial charge in [0, 0.05) is 0 Å². The predicted octanol–water partition coefficient (Wildman–Crippen LogP) is 2.38. The van der Waals surface area contributed by atoms with Crippen LogP contribution in [-0.4, -0.2) is 6.10 Å². The average Bonchev–Trinajstić information content (AvgIpc) is 2.39. The lowest BCUT2D eigenvalue weighted by Gasteiger charge is -2.12. The molecule has 4 heteroatoms. The van der Waals surface area contributed by atoms with Gasteiger partial charge in [-0.15, -0.1) is 0 Å². The maximum absolute atomic E-state index is 12.7. The van der Waals surface area contributed by atoms with Gasteiger partial charge in [-0.2, -0.15) is 0 Å². The van der Waals surface area contributed by atoms with Crippen molar-refractivity contribution in [3.05, 3.63) is 61.7 Å². The van der Waals surface area contributed by atoms with E-state index < -0.39 is 10.9 Å². The molecule has 0 N–H and O–H groups in total. The summed E-state index contributed by atoms with van der Waals surface area (Å²) >= 11 is 0. The predicted molar refractivity (Wildman–Crippen MR) is 72.4 cm³/mol. The summed E-state index contributed by atoms with van der Waals surface area (Å²) < 4.78 is 18.0. The first kappa shape index (κ1) is 13.2. The average molecular weight is 260 g/mol. The van der Waals surface area contributed by atoms with Crippen molar-refractivity contribution in [1.82, 2.24) is 0 Å². The monoisotopic (exact) mass is 260 g/mol. The van der Waals surface area contributed by atoms with E-state index in [1.54, 1.807) is 32.1 Å². The summed E-state index contributed by atoms with van der Waals surface area (Å²) in [5.41, 5.74) is -0.130. The summed E-state index contributed by atoms with van der Waals surface area (Å²) in [7, 11) is 0. The van der Waals surface area contributed by atoms with Gasteiger partial charge in [-0.05, 0) is 37.6 Å². The van der Waals surface area contributed by atoms with Gasteiger partial charge in [-0.3, -0.25) is 9.59 Å². The molecule has 0 saturated carbocycles. The van der Waals surface area contributed by atoms with E-state index in [0.29, 0.717) is 0 Å². The van der Waals surface area contributed by atoms with Crippen molar-refractivity contribution in [3.63, 3.8) is 0 Å². The Balaban J connectivity index is 2.24. The maximum Gasteiger partial charge on any atom is 0.268 e. The van der Waals surface area contributed by atoms with Crippen molar-refractivity contribution >= 4 is 12.2 Å². The third-order valence-corrected chi connectivity index (χ3v) is 2.57. The number of rotatable bonds is 4. The molecule has 0 atom stereocenters. The number of ether oxygens (including phenoxy) is 1. The molecule has 0 radical (unpaired) electrons. The molecule has 0 spiro atoms. The highest BCUT2D eigenvalue weighted by atomic mass is 19.1. The van der Waals surface area contributed by atoms with Gasteiger partial charge in [-0.1, -0.05) is 18.2 Å². The third-order valence-electron chi connectivity index (χ3n) is 2.57. The normalized spacial score (nSPS) is 11.6. The lowest BCUT2D eigenvalue weighted by Crippen LogP contribution is -2.36. The Morgan fingerprint density at radius 1 is 1.05 bits per heavy atom. The molecule has 2 aromatic carbocycles. The van der Waals surface area contributed by atoms with Gasteiger partial charge in [0.05, 0.1) is 11.7 Å². The fourth-order valence-electron chi connectivity index (χ4n) is 1.65. The van der Waals surface area contributed by atoms with Crippen LogP contribution in [0, 0.1) is 5.82 Å². The van der Waals surface area contributed by atoms with Crippen LogP contribution in [0.2, 0.25) is 0 Å². The second-order valence-corrected chi connectivity index (χ2v) is 4.45. The zero-order valence-corrected chi connectivity index (χ0v) is 10.6. The maximum atomic E-state index is 12.7. The van der Waals surface area contributed by atoms with E-state index in [-0.39, 0.29) is 23.2 Å². The minimum absolute atomic E-state index is 0.110. The van der Waals surface area contributed by atoms with Gasteiger partial charge in [0.15, 0.2) is 5.75 Å². The molecule has 0 bridgehead atoms. The van der Waals surface area contributed by atoms with E-state index in [2.05, 4.69) is 0 Å². The summed E-state index contributed by atoms with van der Waals surface area (Å²) in [6.45, 7) is 3.56. The molecule has 19 heavy (non-hydrogen) atoms. The van der Waals surface area contributed by atoms with Crippen molar-refractivity contribution in [2.75, 3.05) is 0 Å². The topological polar surface area (TPSA) is 43.4 Å². The highest BCUT2D eigenvalue weighted by molar-refractivity contribution is 5.74. The van der Waals surface area contributed by atoms with E-state index in [1.165, 1.54) is 18.2 Å². The van der Waals surface area contributed by atoms with Crippen LogP contribution in [0.25, 0.3) is 12.2 Å². The van der Waals surface area contributed by atoms with Gasteiger partial charge in [0.2, 0.25) is 5.43 Å². The molecule has 0 aliphatic carbocycles. The molecule has 2 aromatic rings. The van der Waals surface area contributed by atoms with E-state index in [9.17, 15) is 14.0 Å². The van der Waals surface area contributed by atoms with Crippen LogP contribution in [0.4, 0.5) is 4.39 Å². The Morgan fingerprint density at radius 2 is 1.68 bits per heavy atom. The van der Waals surface area contributed by atoms with Gasteiger partial charge in [0.1, 0.15) is 5.82 Å². The SMILES string of the molecule is CC(C)Oc1c(/C=C/c2ccc(F)cc2)c(=O)c1=O. The van der Waals surface area contributed by atoms with Gasteiger partial charge in [-0.25, -0.2) is 4.39 Å². The first-order valence-electron chi connectivity index (χ1n) is 5.92. The number of benzene rings is 1. The standard InChI is InChI=1S/C15H13FO3/c1-9(2)19-15-12(13(17)14(15)18)8-5-10-3-6-11(16)7-4-10/h3-9H,1-2H3/b8-5+. The van der Waals surface area contributed by atoms with Crippen LogP contribution in [0.1, 0.15) is 25.0 Å². The molecule has 0 aromatic heterocycles. The Morgan fingerprint density at radius 3 is 2.26 bits per heavy atom. The van der Waals surface area contributed by atoms with Crippen molar-refractivity contribution < 1.29 is 9.13 Å². The fourth-order valence-corrected chi connectivity index (χ4v) is 1.65. The molecule has 0 fully saturated rings. The van der Waals surface area contributed by atoms with Crippen LogP contribution < -0.4 is 15.6 Å². The third kappa shape index (κ3) is 2.78. The van der Waals surface area contributed by atoms with Crippen LogP contribution in [0.15, 0.2) is 33.9 Å². The summed E-state index contributed by atoms with van der Waals surface area (Å²) in [4.78, 5) is 22.8. The first-order valence-corrected chi connectivity index (χ1v) is 5.92. The van der Waals surface area contributed by atoms with Crippen molar-refractivity contribution in [1.29, 1.82) is 0 Å². The number of hydrogen-bond acceptors (Lipinski definition) is 3. The Bertz CT molecular complexity index is 674. The van der Waals surface area contributed by atoms with Crippen LogP contribution in [-0.2, 0) is 0 Å². The second-order valence-electron chi connectivity index (χ2n) is 4.45. The fraction of sp³-hybridized carbons (Fsp3) is 0.200. The van der Waals surface area contributed by atoms with Gasteiger partial charge in [0.25, 0.3) is 5.43 Å². The zero-order chi connectivity index (χ0) is 14.0. The van der Waals surface area contributed by atoms with E-state index in [4.69, 9.17) is 4.74 Å². The summed E-state index contributed by atoms with van der Waals surface area (Å²) in [5, 5.41) is 0. The molecule has 0 aliphatic rings. The van der Waals surface area contributed by atoms with E-state index in [0.717, 1.165) is 5.56 Å². The minimum atomic E-state index is -0.590. The molecule has 0 aliphatic heterocycles. The summed E-state index contributed by atoms with van der Waals surface area (Å²) in [6, 6.07) is 5.82. The Hall–Kier alpha value is -2.23. The molecule has 3 nitrogen and oxygen atoms in total. The van der Waals surface area contributed by atoms with Crippen LogP contribution in [0.3, 0.4) is 0 Å². The summed E-state index contributed by atoms with van der Waals surface area (Å²) in [6.07, 6.45) is 3.00. The Labute approximate surface area is 109 Å². The van der Waals surface area contributed by atoms with E-state index >= 15 is 0 Å².